The monoisotopic (exact) mass is 278 g/mol. The summed E-state index contributed by atoms with van der Waals surface area (Å²) in [4.78, 5) is 13.6. The molecule has 0 radical (unpaired) electrons. The van der Waals surface area contributed by atoms with Crippen molar-refractivity contribution in [3.8, 4) is 0 Å². The van der Waals surface area contributed by atoms with Crippen molar-refractivity contribution in [3.63, 3.8) is 0 Å². The van der Waals surface area contributed by atoms with E-state index in [4.69, 9.17) is 4.74 Å². The highest BCUT2D eigenvalue weighted by Gasteiger charge is 2.30. The summed E-state index contributed by atoms with van der Waals surface area (Å²) in [5.74, 6) is -0.388. The van der Waals surface area contributed by atoms with Crippen molar-refractivity contribution >= 4 is 17.3 Å². The van der Waals surface area contributed by atoms with Crippen molar-refractivity contribution in [2.45, 2.75) is 25.2 Å². The number of hydrogen-bond acceptors (Lipinski definition) is 5. The zero-order valence-corrected chi connectivity index (χ0v) is 11.2. The van der Waals surface area contributed by atoms with Gasteiger partial charge in [-0.05, 0) is 19.1 Å². The van der Waals surface area contributed by atoms with Gasteiger partial charge in [-0.25, -0.2) is 0 Å². The smallest absolute Gasteiger partial charge is 0.257 e. The Hall–Kier alpha value is -1.63. The second kappa shape index (κ2) is 5.05. The quantitative estimate of drug-likeness (QED) is 0.723. The number of amides is 1. The molecule has 1 saturated heterocycles. The maximum Gasteiger partial charge on any atom is 0.257 e. The number of nitrogens with zero attached hydrogens (tertiary/aromatic N) is 1. The molecule has 6 nitrogen and oxygen atoms in total. The lowest BCUT2D eigenvalue weighted by molar-refractivity contribution is -0.123. The van der Waals surface area contributed by atoms with Crippen molar-refractivity contribution in [3.05, 3.63) is 23.8 Å². The average molecular weight is 278 g/mol. The molecule has 2 aliphatic rings. The minimum Gasteiger partial charge on any atom is -0.394 e. The van der Waals surface area contributed by atoms with Gasteiger partial charge in [-0.3, -0.25) is 4.79 Å². The summed E-state index contributed by atoms with van der Waals surface area (Å²) in [5, 5.41) is 21.6. The summed E-state index contributed by atoms with van der Waals surface area (Å²) in [7, 11) is 0. The Morgan fingerprint density at radius 2 is 2.25 bits per heavy atom. The van der Waals surface area contributed by atoms with Crippen molar-refractivity contribution in [1.82, 2.24) is 0 Å². The molecular weight excluding hydrogens is 260 g/mol. The molecule has 2 heterocycles. The number of benzene rings is 1. The first-order chi connectivity index (χ1) is 9.58. The largest absolute Gasteiger partial charge is 0.394 e. The molecule has 1 fully saturated rings. The summed E-state index contributed by atoms with van der Waals surface area (Å²) in [6.45, 7) is 3.29. The first-order valence-corrected chi connectivity index (χ1v) is 6.72. The van der Waals surface area contributed by atoms with Gasteiger partial charge >= 0.3 is 0 Å². The van der Waals surface area contributed by atoms with Gasteiger partial charge in [-0.15, -0.1) is 0 Å². The van der Waals surface area contributed by atoms with Crippen LogP contribution in [0.15, 0.2) is 18.2 Å². The van der Waals surface area contributed by atoms with Gasteiger partial charge in [0.25, 0.3) is 5.91 Å². The number of aliphatic hydroxyl groups excluding tert-OH is 2. The highest BCUT2D eigenvalue weighted by atomic mass is 16.5. The van der Waals surface area contributed by atoms with Crippen LogP contribution in [-0.4, -0.2) is 48.0 Å². The number of fused-ring (bicyclic) bond motifs is 1. The topological polar surface area (TPSA) is 82.0 Å². The van der Waals surface area contributed by atoms with E-state index in [1.54, 1.807) is 6.07 Å². The Balaban J connectivity index is 1.85. The minimum absolute atomic E-state index is 0.0127. The zero-order valence-electron chi connectivity index (χ0n) is 11.2. The molecule has 6 heteroatoms. The highest BCUT2D eigenvalue weighted by molar-refractivity contribution is 6.02. The molecule has 0 spiro atoms. The zero-order chi connectivity index (χ0) is 14.3. The number of morpholine rings is 1. The number of carbonyl (C=O) groups is 1. The van der Waals surface area contributed by atoms with Crippen molar-refractivity contribution in [2.75, 3.05) is 29.9 Å². The molecule has 0 bridgehead atoms. The van der Waals surface area contributed by atoms with E-state index in [9.17, 15) is 15.0 Å². The van der Waals surface area contributed by atoms with Gasteiger partial charge < -0.3 is 25.2 Å². The van der Waals surface area contributed by atoms with Crippen molar-refractivity contribution in [1.29, 1.82) is 0 Å². The SMILES string of the molecule is CC1CN(c2ccc3c(c2)NC(=O)C3O)CC(CO)O1. The summed E-state index contributed by atoms with van der Waals surface area (Å²) in [5.41, 5.74) is 2.21. The van der Waals surface area contributed by atoms with Crippen LogP contribution in [0.1, 0.15) is 18.6 Å². The van der Waals surface area contributed by atoms with Gasteiger partial charge in [0.15, 0.2) is 6.10 Å². The minimum atomic E-state index is -1.08. The molecule has 1 aromatic rings. The van der Waals surface area contributed by atoms with Crippen LogP contribution in [0.25, 0.3) is 0 Å². The van der Waals surface area contributed by atoms with Crippen LogP contribution in [-0.2, 0) is 9.53 Å². The highest BCUT2D eigenvalue weighted by Crippen LogP contribution is 2.34. The molecule has 2 aliphatic heterocycles. The van der Waals surface area contributed by atoms with E-state index in [0.29, 0.717) is 17.8 Å². The Kier molecular flexibility index (Phi) is 3.37. The molecule has 3 unspecified atom stereocenters. The molecule has 20 heavy (non-hydrogen) atoms. The predicted molar refractivity (Wildman–Crippen MR) is 73.7 cm³/mol. The maximum absolute atomic E-state index is 11.4. The van der Waals surface area contributed by atoms with Gasteiger partial charge in [0.1, 0.15) is 0 Å². The average Bonchev–Trinajstić information content (AvgIpc) is 2.73. The second-order valence-corrected chi connectivity index (χ2v) is 5.32. The molecule has 3 N–H and O–H groups in total. The number of ether oxygens (including phenoxy) is 1. The molecular formula is C14H18N2O4. The lowest BCUT2D eigenvalue weighted by Crippen LogP contribution is -2.48. The molecule has 3 atom stereocenters. The van der Waals surface area contributed by atoms with Gasteiger partial charge in [0.05, 0.1) is 18.8 Å². The molecule has 1 amide bonds. The Bertz CT molecular complexity index is 534. The Labute approximate surface area is 117 Å². The third kappa shape index (κ3) is 2.26. The fourth-order valence-corrected chi connectivity index (χ4v) is 2.79. The predicted octanol–water partition coefficient (Wildman–Crippen LogP) is 0.258. The van der Waals surface area contributed by atoms with Gasteiger partial charge in [-0.1, -0.05) is 6.07 Å². The third-order valence-corrected chi connectivity index (χ3v) is 3.73. The number of anilines is 2. The van der Waals surface area contributed by atoms with Crippen molar-refractivity contribution < 1.29 is 19.7 Å². The van der Waals surface area contributed by atoms with Gasteiger partial charge in [-0.2, -0.15) is 0 Å². The van der Waals surface area contributed by atoms with Crippen LogP contribution in [0, 0.1) is 0 Å². The van der Waals surface area contributed by atoms with Crippen LogP contribution < -0.4 is 10.2 Å². The second-order valence-electron chi connectivity index (χ2n) is 5.32. The lowest BCUT2D eigenvalue weighted by atomic mass is 10.1. The fraction of sp³-hybridized carbons (Fsp3) is 0.500. The van der Waals surface area contributed by atoms with Crippen LogP contribution in [0.4, 0.5) is 11.4 Å². The van der Waals surface area contributed by atoms with E-state index in [0.717, 1.165) is 12.2 Å². The number of aliphatic hydroxyl groups is 2. The van der Waals surface area contributed by atoms with E-state index >= 15 is 0 Å². The maximum atomic E-state index is 11.4. The first kappa shape index (κ1) is 13.4. The summed E-state index contributed by atoms with van der Waals surface area (Å²) < 4.78 is 5.61. The van der Waals surface area contributed by atoms with Crippen LogP contribution in [0.2, 0.25) is 0 Å². The number of hydrogen-bond donors (Lipinski definition) is 3. The summed E-state index contributed by atoms with van der Waals surface area (Å²) in [6, 6.07) is 5.51. The lowest BCUT2D eigenvalue weighted by Gasteiger charge is -2.37. The first-order valence-electron chi connectivity index (χ1n) is 6.72. The Morgan fingerprint density at radius 1 is 1.45 bits per heavy atom. The standard InChI is InChI=1S/C14H18N2O4/c1-8-5-16(6-10(7-17)20-8)9-2-3-11-12(4-9)15-14(19)13(11)18/h2-4,8,10,13,17-18H,5-7H2,1H3,(H,15,19). The van der Waals surface area contributed by atoms with E-state index in [-0.39, 0.29) is 24.7 Å². The molecule has 0 aromatic heterocycles. The number of carbonyl (C=O) groups excluding carboxylic acids is 1. The van der Waals surface area contributed by atoms with Gasteiger partial charge in [0.2, 0.25) is 0 Å². The number of nitrogens with one attached hydrogen (secondary N) is 1. The van der Waals surface area contributed by atoms with E-state index in [1.807, 2.05) is 19.1 Å². The van der Waals surface area contributed by atoms with E-state index in [2.05, 4.69) is 10.2 Å². The summed E-state index contributed by atoms with van der Waals surface area (Å²) >= 11 is 0. The molecule has 0 saturated carbocycles. The van der Waals surface area contributed by atoms with Crippen LogP contribution in [0.3, 0.4) is 0 Å². The third-order valence-electron chi connectivity index (χ3n) is 3.73. The molecule has 108 valence electrons. The van der Waals surface area contributed by atoms with E-state index in [1.165, 1.54) is 0 Å². The normalized spacial score (nSPS) is 29.2. The van der Waals surface area contributed by atoms with Gasteiger partial charge in [0, 0.05) is 30.0 Å². The number of rotatable bonds is 2. The summed E-state index contributed by atoms with van der Waals surface area (Å²) in [6.07, 6.45) is -1.24. The molecule has 3 rings (SSSR count). The fourth-order valence-electron chi connectivity index (χ4n) is 2.79. The van der Waals surface area contributed by atoms with Crippen molar-refractivity contribution in [2.24, 2.45) is 0 Å². The van der Waals surface area contributed by atoms with E-state index < -0.39 is 6.10 Å². The molecule has 1 aromatic carbocycles. The molecule has 0 aliphatic carbocycles. The Morgan fingerprint density at radius 3 is 3.00 bits per heavy atom. The van der Waals surface area contributed by atoms with Crippen LogP contribution in [0.5, 0.6) is 0 Å². The van der Waals surface area contributed by atoms with Crippen LogP contribution >= 0.6 is 0 Å².